The summed E-state index contributed by atoms with van der Waals surface area (Å²) in [4.78, 5) is 0. The Labute approximate surface area is 64.8 Å². The van der Waals surface area contributed by atoms with Crippen molar-refractivity contribution in [3.8, 4) is 0 Å². The Morgan fingerprint density at radius 1 is 1.27 bits per heavy atom. The van der Waals surface area contributed by atoms with E-state index in [1.165, 1.54) is 0 Å². The molecule has 0 saturated heterocycles. The zero-order valence-corrected chi connectivity index (χ0v) is 6.78. The van der Waals surface area contributed by atoms with E-state index in [4.69, 9.17) is 5.73 Å². The summed E-state index contributed by atoms with van der Waals surface area (Å²) in [5.74, 6) is -1.62. The van der Waals surface area contributed by atoms with Gasteiger partial charge >= 0.3 is 6.18 Å². The molecule has 1 atom stereocenters. The molecule has 0 radical (unpaired) electrons. The van der Waals surface area contributed by atoms with Crippen molar-refractivity contribution in [2.24, 2.45) is 17.6 Å². The van der Waals surface area contributed by atoms with Gasteiger partial charge in [0.1, 0.15) is 0 Å². The molecule has 1 nitrogen and oxygen atoms in total. The van der Waals surface area contributed by atoms with Crippen LogP contribution in [0.5, 0.6) is 0 Å². The monoisotopic (exact) mass is 169 g/mol. The minimum Gasteiger partial charge on any atom is -0.330 e. The Hall–Kier alpha value is -0.250. The quantitative estimate of drug-likeness (QED) is 0.688. The molecule has 0 heterocycles. The van der Waals surface area contributed by atoms with E-state index in [0.29, 0.717) is 0 Å². The number of hydrogen-bond donors (Lipinski definition) is 1. The minimum absolute atomic E-state index is 0.0289. The van der Waals surface area contributed by atoms with Gasteiger partial charge in [-0.1, -0.05) is 13.8 Å². The van der Waals surface area contributed by atoms with E-state index in [9.17, 15) is 13.2 Å². The van der Waals surface area contributed by atoms with Gasteiger partial charge in [-0.2, -0.15) is 13.2 Å². The van der Waals surface area contributed by atoms with Crippen molar-refractivity contribution in [3.63, 3.8) is 0 Å². The normalized spacial score (nSPS) is 15.5. The largest absolute Gasteiger partial charge is 0.392 e. The molecular weight excluding hydrogens is 155 g/mol. The highest BCUT2D eigenvalue weighted by Gasteiger charge is 2.40. The van der Waals surface area contributed by atoms with Crippen LogP contribution >= 0.6 is 0 Å². The number of rotatable bonds is 3. The standard InChI is InChI=1S/C7H14F3N/c1-5(2)6(3-4-11)7(8,9)10/h5-6H,3-4,11H2,1-2H3. The van der Waals surface area contributed by atoms with Crippen LogP contribution in [0.2, 0.25) is 0 Å². The Kier molecular flexibility index (Phi) is 3.86. The van der Waals surface area contributed by atoms with Gasteiger partial charge in [0.2, 0.25) is 0 Å². The van der Waals surface area contributed by atoms with Crippen LogP contribution in [-0.4, -0.2) is 12.7 Å². The second-order valence-corrected chi connectivity index (χ2v) is 2.97. The highest BCUT2D eigenvalue weighted by atomic mass is 19.4. The number of alkyl halides is 3. The van der Waals surface area contributed by atoms with Gasteiger partial charge < -0.3 is 5.73 Å². The van der Waals surface area contributed by atoms with Gasteiger partial charge in [0.05, 0.1) is 5.92 Å². The maximum atomic E-state index is 12.1. The van der Waals surface area contributed by atoms with Gasteiger partial charge in [0.15, 0.2) is 0 Å². The average molecular weight is 169 g/mol. The Morgan fingerprint density at radius 3 is 1.82 bits per heavy atom. The zero-order valence-electron chi connectivity index (χ0n) is 6.78. The second kappa shape index (κ2) is 3.95. The Morgan fingerprint density at radius 2 is 1.73 bits per heavy atom. The minimum atomic E-state index is -4.09. The van der Waals surface area contributed by atoms with Gasteiger partial charge in [-0.3, -0.25) is 0 Å². The van der Waals surface area contributed by atoms with E-state index in [1.807, 2.05) is 0 Å². The molecule has 0 aliphatic carbocycles. The van der Waals surface area contributed by atoms with Crippen LogP contribution in [0.3, 0.4) is 0 Å². The predicted molar refractivity (Wildman–Crippen MR) is 38.1 cm³/mol. The van der Waals surface area contributed by atoms with Crippen molar-refractivity contribution in [2.75, 3.05) is 6.54 Å². The molecule has 0 aromatic carbocycles. The Bertz CT molecular complexity index is 109. The summed E-state index contributed by atoms with van der Waals surface area (Å²) < 4.78 is 36.3. The van der Waals surface area contributed by atoms with E-state index in [1.54, 1.807) is 13.8 Å². The molecule has 0 rings (SSSR count). The lowest BCUT2D eigenvalue weighted by Gasteiger charge is -2.22. The van der Waals surface area contributed by atoms with Gasteiger partial charge in [0.25, 0.3) is 0 Å². The van der Waals surface area contributed by atoms with Crippen LogP contribution in [0.4, 0.5) is 13.2 Å². The summed E-state index contributed by atoms with van der Waals surface area (Å²) in [6, 6.07) is 0. The van der Waals surface area contributed by atoms with Crippen molar-refractivity contribution in [1.29, 1.82) is 0 Å². The fraction of sp³-hybridized carbons (Fsp3) is 1.00. The van der Waals surface area contributed by atoms with Crippen LogP contribution in [0.15, 0.2) is 0 Å². The molecule has 0 bridgehead atoms. The SMILES string of the molecule is CC(C)C(CCN)C(F)(F)F. The molecule has 68 valence electrons. The predicted octanol–water partition coefficient (Wildman–Crippen LogP) is 2.17. The number of nitrogens with two attached hydrogens (primary N) is 1. The molecule has 4 heteroatoms. The highest BCUT2D eigenvalue weighted by molar-refractivity contribution is 4.70. The number of hydrogen-bond acceptors (Lipinski definition) is 1. The first-order valence-electron chi connectivity index (χ1n) is 3.66. The van der Waals surface area contributed by atoms with E-state index in [0.717, 1.165) is 0 Å². The van der Waals surface area contributed by atoms with Crippen molar-refractivity contribution in [3.05, 3.63) is 0 Å². The highest BCUT2D eigenvalue weighted by Crippen LogP contribution is 2.33. The molecule has 11 heavy (non-hydrogen) atoms. The molecule has 0 aromatic heterocycles. The smallest absolute Gasteiger partial charge is 0.330 e. The van der Waals surface area contributed by atoms with Crippen LogP contribution < -0.4 is 5.73 Å². The molecule has 0 fully saturated rings. The maximum absolute atomic E-state index is 12.1. The van der Waals surface area contributed by atoms with Crippen molar-refractivity contribution in [2.45, 2.75) is 26.4 Å². The fourth-order valence-electron chi connectivity index (χ4n) is 1.05. The first-order chi connectivity index (χ1) is 4.89. The summed E-state index contributed by atoms with van der Waals surface area (Å²) in [6.45, 7) is 3.23. The van der Waals surface area contributed by atoms with E-state index >= 15 is 0 Å². The van der Waals surface area contributed by atoms with Gasteiger partial charge in [-0.25, -0.2) is 0 Å². The average Bonchev–Trinajstić information content (AvgIpc) is 1.79. The van der Waals surface area contributed by atoms with Crippen molar-refractivity contribution >= 4 is 0 Å². The summed E-state index contributed by atoms with van der Waals surface area (Å²) in [5.41, 5.74) is 5.06. The molecule has 0 aromatic rings. The van der Waals surface area contributed by atoms with E-state index < -0.39 is 12.1 Å². The first-order valence-corrected chi connectivity index (χ1v) is 3.66. The lowest BCUT2D eigenvalue weighted by molar-refractivity contribution is -0.186. The van der Waals surface area contributed by atoms with Crippen molar-refractivity contribution < 1.29 is 13.2 Å². The Balaban J connectivity index is 4.10. The summed E-state index contributed by atoms with van der Waals surface area (Å²) in [6.07, 6.45) is -4.06. The third-order valence-electron chi connectivity index (χ3n) is 1.70. The maximum Gasteiger partial charge on any atom is 0.392 e. The summed E-state index contributed by atoms with van der Waals surface area (Å²) >= 11 is 0. The van der Waals surface area contributed by atoms with Crippen LogP contribution in [0.1, 0.15) is 20.3 Å². The summed E-state index contributed by atoms with van der Waals surface area (Å²) in [5, 5.41) is 0. The van der Waals surface area contributed by atoms with Crippen LogP contribution in [0.25, 0.3) is 0 Å². The van der Waals surface area contributed by atoms with Gasteiger partial charge in [-0.15, -0.1) is 0 Å². The van der Waals surface area contributed by atoms with Crippen LogP contribution in [-0.2, 0) is 0 Å². The molecule has 0 saturated carbocycles. The lowest BCUT2D eigenvalue weighted by Crippen LogP contribution is -2.29. The lowest BCUT2D eigenvalue weighted by atomic mass is 9.92. The molecule has 0 spiro atoms. The van der Waals surface area contributed by atoms with E-state index in [-0.39, 0.29) is 18.9 Å². The molecule has 2 N–H and O–H groups in total. The van der Waals surface area contributed by atoms with Gasteiger partial charge in [0, 0.05) is 0 Å². The molecule has 1 unspecified atom stereocenters. The fourth-order valence-corrected chi connectivity index (χ4v) is 1.05. The zero-order chi connectivity index (χ0) is 9.07. The number of halogens is 3. The first kappa shape index (κ1) is 10.8. The third kappa shape index (κ3) is 3.60. The van der Waals surface area contributed by atoms with E-state index in [2.05, 4.69) is 0 Å². The molecular formula is C7H14F3N. The topological polar surface area (TPSA) is 26.0 Å². The van der Waals surface area contributed by atoms with Gasteiger partial charge in [-0.05, 0) is 18.9 Å². The van der Waals surface area contributed by atoms with Crippen LogP contribution in [0, 0.1) is 11.8 Å². The summed E-state index contributed by atoms with van der Waals surface area (Å²) in [7, 11) is 0. The van der Waals surface area contributed by atoms with Crippen molar-refractivity contribution in [1.82, 2.24) is 0 Å². The molecule has 0 aliphatic heterocycles. The second-order valence-electron chi connectivity index (χ2n) is 2.97. The molecule has 0 amide bonds. The third-order valence-corrected chi connectivity index (χ3v) is 1.70. The molecule has 0 aliphatic rings.